The molecule has 1 N–H and O–H groups in total. The van der Waals surface area contributed by atoms with E-state index in [4.69, 9.17) is 0 Å². The van der Waals surface area contributed by atoms with Crippen molar-refractivity contribution in [2.24, 2.45) is 0 Å². The van der Waals surface area contributed by atoms with Gasteiger partial charge in [-0.25, -0.2) is 4.98 Å². The molecule has 0 atom stereocenters. The quantitative estimate of drug-likeness (QED) is 0.790. The number of rotatable bonds is 2. The average molecular weight is 197 g/mol. The monoisotopic (exact) mass is 197 g/mol. The fourth-order valence-corrected chi connectivity index (χ4v) is 2.73. The van der Waals surface area contributed by atoms with Crippen LogP contribution in [0.3, 0.4) is 0 Å². The van der Waals surface area contributed by atoms with Gasteiger partial charge in [0.25, 0.3) is 0 Å². The van der Waals surface area contributed by atoms with Crippen LogP contribution in [0.1, 0.15) is 48.2 Å². The van der Waals surface area contributed by atoms with Crippen LogP contribution in [-0.2, 0) is 5.60 Å². The molecule has 1 heterocycles. The Hall–Kier alpha value is -0.410. The Labute approximate surface area is 82.6 Å². The minimum atomic E-state index is -0.727. The van der Waals surface area contributed by atoms with Crippen LogP contribution in [0.4, 0.5) is 0 Å². The van der Waals surface area contributed by atoms with E-state index in [2.05, 4.69) is 4.98 Å². The first-order chi connectivity index (χ1) is 5.98. The zero-order valence-electron chi connectivity index (χ0n) is 8.29. The third-order valence-corrected chi connectivity index (χ3v) is 3.93. The predicted octanol–water partition coefficient (Wildman–Crippen LogP) is 2.56. The van der Waals surface area contributed by atoms with Gasteiger partial charge in [-0.1, -0.05) is 0 Å². The zero-order valence-corrected chi connectivity index (χ0v) is 9.11. The highest BCUT2D eigenvalue weighted by Crippen LogP contribution is 2.44. The van der Waals surface area contributed by atoms with Crippen LogP contribution in [-0.4, -0.2) is 10.1 Å². The molecule has 1 aromatic heterocycles. The van der Waals surface area contributed by atoms with Crippen LogP contribution < -0.4 is 0 Å². The standard InChI is InChI=1S/C10H15NOS/c1-6-8(10(2,3)12)13-9(11-6)7-4-5-7/h7,12H,4-5H2,1-3H3. The Bertz CT molecular complexity index is 320. The lowest BCUT2D eigenvalue weighted by molar-refractivity contribution is 0.0817. The van der Waals surface area contributed by atoms with Gasteiger partial charge in [0.05, 0.1) is 21.2 Å². The molecule has 0 radical (unpaired) electrons. The molecule has 13 heavy (non-hydrogen) atoms. The average Bonchev–Trinajstić information content (AvgIpc) is 2.73. The van der Waals surface area contributed by atoms with Gasteiger partial charge in [0.2, 0.25) is 0 Å². The minimum Gasteiger partial charge on any atom is -0.385 e. The van der Waals surface area contributed by atoms with Crippen molar-refractivity contribution < 1.29 is 5.11 Å². The highest BCUT2D eigenvalue weighted by atomic mass is 32.1. The fourth-order valence-electron chi connectivity index (χ4n) is 1.49. The van der Waals surface area contributed by atoms with E-state index in [0.29, 0.717) is 5.92 Å². The molecule has 0 unspecified atom stereocenters. The summed E-state index contributed by atoms with van der Waals surface area (Å²) >= 11 is 1.68. The first-order valence-corrected chi connectivity index (χ1v) is 5.50. The Morgan fingerprint density at radius 2 is 2.08 bits per heavy atom. The lowest BCUT2D eigenvalue weighted by Gasteiger charge is -2.14. The first kappa shape index (κ1) is 9.16. The molecule has 1 aliphatic rings. The third-order valence-electron chi connectivity index (χ3n) is 2.30. The summed E-state index contributed by atoms with van der Waals surface area (Å²) in [5.41, 5.74) is 0.272. The van der Waals surface area contributed by atoms with E-state index < -0.39 is 5.60 Å². The number of thiazole rings is 1. The van der Waals surface area contributed by atoms with Crippen LogP contribution in [0, 0.1) is 6.92 Å². The highest BCUT2D eigenvalue weighted by Gasteiger charge is 2.30. The Morgan fingerprint density at radius 3 is 2.46 bits per heavy atom. The number of aromatic nitrogens is 1. The van der Waals surface area contributed by atoms with Gasteiger partial charge in [0.15, 0.2) is 0 Å². The van der Waals surface area contributed by atoms with Crippen LogP contribution in [0.15, 0.2) is 0 Å². The van der Waals surface area contributed by atoms with E-state index in [1.807, 2.05) is 20.8 Å². The molecule has 0 spiro atoms. The molecule has 2 nitrogen and oxygen atoms in total. The van der Waals surface area contributed by atoms with Crippen molar-refractivity contribution in [2.45, 2.75) is 45.1 Å². The molecule has 0 saturated heterocycles. The van der Waals surface area contributed by atoms with Gasteiger partial charge in [-0.2, -0.15) is 0 Å². The second-order valence-electron chi connectivity index (χ2n) is 4.30. The molecule has 0 amide bonds. The summed E-state index contributed by atoms with van der Waals surface area (Å²) in [5.74, 6) is 0.694. The van der Waals surface area contributed by atoms with Crippen molar-refractivity contribution in [1.29, 1.82) is 0 Å². The second kappa shape index (κ2) is 2.79. The molecular weight excluding hydrogens is 182 g/mol. The van der Waals surface area contributed by atoms with Gasteiger partial charge in [0.1, 0.15) is 0 Å². The highest BCUT2D eigenvalue weighted by molar-refractivity contribution is 7.12. The summed E-state index contributed by atoms with van der Waals surface area (Å²) < 4.78 is 0. The van der Waals surface area contributed by atoms with Gasteiger partial charge in [-0.3, -0.25) is 0 Å². The van der Waals surface area contributed by atoms with Crippen LogP contribution in [0.5, 0.6) is 0 Å². The SMILES string of the molecule is Cc1nc(C2CC2)sc1C(C)(C)O. The first-order valence-electron chi connectivity index (χ1n) is 4.68. The molecule has 1 fully saturated rings. The summed E-state index contributed by atoms with van der Waals surface area (Å²) in [6, 6.07) is 0. The largest absolute Gasteiger partial charge is 0.385 e. The Kier molecular flexibility index (Phi) is 1.96. The topological polar surface area (TPSA) is 33.1 Å². The van der Waals surface area contributed by atoms with Gasteiger partial charge in [-0.15, -0.1) is 11.3 Å². The molecule has 2 rings (SSSR count). The van der Waals surface area contributed by atoms with Crippen molar-refractivity contribution in [3.63, 3.8) is 0 Å². The van der Waals surface area contributed by atoms with Gasteiger partial charge in [0, 0.05) is 5.92 Å². The maximum atomic E-state index is 9.86. The maximum absolute atomic E-state index is 9.86. The van der Waals surface area contributed by atoms with Crippen LogP contribution in [0.25, 0.3) is 0 Å². The van der Waals surface area contributed by atoms with Crippen molar-refractivity contribution in [3.8, 4) is 0 Å². The third kappa shape index (κ3) is 1.76. The lowest BCUT2D eigenvalue weighted by Crippen LogP contribution is -2.14. The summed E-state index contributed by atoms with van der Waals surface area (Å²) in [6.07, 6.45) is 2.55. The fraction of sp³-hybridized carbons (Fsp3) is 0.700. The number of aliphatic hydroxyl groups is 1. The van der Waals surface area contributed by atoms with Gasteiger partial charge < -0.3 is 5.11 Å². The Balaban J connectivity index is 2.35. The smallest absolute Gasteiger partial charge is 0.0963 e. The van der Waals surface area contributed by atoms with Crippen LogP contribution in [0.2, 0.25) is 0 Å². The predicted molar refractivity (Wildman–Crippen MR) is 54.1 cm³/mol. The molecular formula is C10H15NOS. The molecule has 1 saturated carbocycles. The second-order valence-corrected chi connectivity index (χ2v) is 5.33. The maximum Gasteiger partial charge on any atom is 0.0963 e. The van der Waals surface area contributed by atoms with Crippen molar-refractivity contribution in [2.75, 3.05) is 0 Å². The summed E-state index contributed by atoms with van der Waals surface area (Å²) in [6.45, 7) is 5.63. The van der Waals surface area contributed by atoms with E-state index in [9.17, 15) is 5.11 Å². The molecule has 1 aliphatic carbocycles. The van der Waals surface area contributed by atoms with Crippen molar-refractivity contribution in [3.05, 3.63) is 15.6 Å². The molecule has 0 aliphatic heterocycles. The van der Waals surface area contributed by atoms with Crippen molar-refractivity contribution in [1.82, 2.24) is 4.98 Å². The number of nitrogens with zero attached hydrogens (tertiary/aromatic N) is 1. The molecule has 0 aromatic carbocycles. The molecule has 3 heteroatoms. The van der Waals surface area contributed by atoms with Crippen molar-refractivity contribution >= 4 is 11.3 Å². The van der Waals surface area contributed by atoms with E-state index in [1.54, 1.807) is 11.3 Å². The van der Waals surface area contributed by atoms with E-state index >= 15 is 0 Å². The number of aryl methyl sites for hydroxylation is 1. The molecule has 1 aromatic rings. The minimum absolute atomic E-state index is 0.694. The molecule has 72 valence electrons. The summed E-state index contributed by atoms with van der Waals surface area (Å²) in [4.78, 5) is 5.52. The lowest BCUT2D eigenvalue weighted by atomic mass is 10.1. The van der Waals surface area contributed by atoms with E-state index in [-0.39, 0.29) is 0 Å². The zero-order chi connectivity index (χ0) is 9.64. The molecule has 0 bridgehead atoms. The van der Waals surface area contributed by atoms with Gasteiger partial charge in [-0.05, 0) is 33.6 Å². The van der Waals surface area contributed by atoms with Gasteiger partial charge >= 0.3 is 0 Å². The number of hydrogen-bond acceptors (Lipinski definition) is 3. The Morgan fingerprint density at radius 1 is 1.46 bits per heavy atom. The summed E-state index contributed by atoms with van der Waals surface area (Å²) in [5, 5.41) is 11.1. The normalized spacial score (nSPS) is 17.8. The van der Waals surface area contributed by atoms with Crippen LogP contribution >= 0.6 is 11.3 Å². The van der Waals surface area contributed by atoms with E-state index in [0.717, 1.165) is 10.6 Å². The van der Waals surface area contributed by atoms with E-state index in [1.165, 1.54) is 17.8 Å². The summed E-state index contributed by atoms with van der Waals surface area (Å²) in [7, 11) is 0. The number of hydrogen-bond donors (Lipinski definition) is 1.